The van der Waals surface area contributed by atoms with E-state index in [2.05, 4.69) is 0 Å². The third-order valence-electron chi connectivity index (χ3n) is 6.22. The monoisotopic (exact) mass is 471 g/mol. The highest BCUT2D eigenvalue weighted by Gasteiger charge is 2.48. The zero-order valence-corrected chi connectivity index (χ0v) is 19.9. The van der Waals surface area contributed by atoms with E-state index in [-0.39, 0.29) is 11.3 Å². The molecule has 0 bridgehead atoms. The highest BCUT2D eigenvalue weighted by atomic mass is 16.5. The van der Waals surface area contributed by atoms with Crippen molar-refractivity contribution in [2.24, 2.45) is 0 Å². The Balaban J connectivity index is 1.94. The number of para-hydroxylation sites is 1. The number of anilines is 1. The van der Waals surface area contributed by atoms with Crippen LogP contribution in [0, 0.1) is 13.8 Å². The zero-order valence-electron chi connectivity index (χ0n) is 19.9. The van der Waals surface area contributed by atoms with Gasteiger partial charge in [-0.25, -0.2) is 4.79 Å². The molecule has 1 N–H and O–H groups in total. The molecular formula is C28H25NO6. The quantitative estimate of drug-likeness (QED) is 0.250. The van der Waals surface area contributed by atoms with Crippen LogP contribution in [0.1, 0.15) is 38.7 Å². The number of carbonyl (C=O) groups excluding carboxylic acids is 3. The van der Waals surface area contributed by atoms with Gasteiger partial charge in [-0.3, -0.25) is 14.5 Å². The van der Waals surface area contributed by atoms with Crippen LogP contribution in [0.5, 0.6) is 5.75 Å². The minimum Gasteiger partial charge on any atom is -0.507 e. The third-order valence-corrected chi connectivity index (χ3v) is 6.22. The van der Waals surface area contributed by atoms with Crippen LogP contribution in [0.3, 0.4) is 0 Å². The Morgan fingerprint density at radius 1 is 0.886 bits per heavy atom. The Morgan fingerprint density at radius 2 is 1.54 bits per heavy atom. The first-order chi connectivity index (χ1) is 16.8. The minimum absolute atomic E-state index is 0.0419. The van der Waals surface area contributed by atoms with E-state index in [1.807, 2.05) is 19.9 Å². The van der Waals surface area contributed by atoms with Gasteiger partial charge in [-0.2, -0.15) is 0 Å². The average molecular weight is 472 g/mol. The van der Waals surface area contributed by atoms with Crippen LogP contribution in [-0.2, 0) is 14.3 Å². The van der Waals surface area contributed by atoms with E-state index >= 15 is 0 Å². The smallest absolute Gasteiger partial charge is 0.337 e. The molecule has 7 nitrogen and oxygen atoms in total. The first-order valence-electron chi connectivity index (χ1n) is 11.0. The molecule has 1 fully saturated rings. The number of carbonyl (C=O) groups is 3. The van der Waals surface area contributed by atoms with E-state index in [0.717, 1.165) is 11.1 Å². The van der Waals surface area contributed by atoms with Gasteiger partial charge in [0.15, 0.2) is 0 Å². The SMILES string of the molecule is COC(=O)c1ccc(N2C(=O)C(=O)/C(=C(/O)c3ccc(C)c(C)c3)C2c2ccccc2OC)cc1. The second-order valence-corrected chi connectivity index (χ2v) is 8.25. The highest BCUT2D eigenvalue weighted by Crippen LogP contribution is 2.45. The van der Waals surface area contributed by atoms with Crippen LogP contribution in [0.15, 0.2) is 72.3 Å². The summed E-state index contributed by atoms with van der Waals surface area (Å²) in [5, 5.41) is 11.3. The molecule has 7 heteroatoms. The van der Waals surface area contributed by atoms with Crippen LogP contribution in [-0.4, -0.2) is 37.0 Å². The fourth-order valence-corrected chi connectivity index (χ4v) is 4.21. The van der Waals surface area contributed by atoms with E-state index in [1.165, 1.54) is 31.3 Å². The number of methoxy groups -OCH3 is 2. The van der Waals surface area contributed by atoms with Crippen LogP contribution in [0.2, 0.25) is 0 Å². The number of nitrogens with zero attached hydrogens (tertiary/aromatic N) is 1. The molecule has 178 valence electrons. The van der Waals surface area contributed by atoms with Crippen molar-refractivity contribution in [3.8, 4) is 5.75 Å². The maximum atomic E-state index is 13.3. The Hall–Kier alpha value is -4.39. The molecule has 1 aliphatic rings. The molecule has 35 heavy (non-hydrogen) atoms. The number of aryl methyl sites for hydroxylation is 2. The van der Waals surface area contributed by atoms with Gasteiger partial charge in [-0.05, 0) is 61.4 Å². The summed E-state index contributed by atoms with van der Waals surface area (Å²) in [6.45, 7) is 3.86. The number of aliphatic hydroxyl groups is 1. The third kappa shape index (κ3) is 4.17. The fourth-order valence-electron chi connectivity index (χ4n) is 4.21. The molecule has 1 heterocycles. The summed E-state index contributed by atoms with van der Waals surface area (Å²) in [7, 11) is 2.78. The second kappa shape index (κ2) is 9.46. The number of hydrogen-bond acceptors (Lipinski definition) is 6. The van der Waals surface area contributed by atoms with Crippen molar-refractivity contribution < 1.29 is 29.0 Å². The largest absolute Gasteiger partial charge is 0.507 e. The van der Waals surface area contributed by atoms with Gasteiger partial charge in [0.1, 0.15) is 11.5 Å². The number of benzene rings is 3. The summed E-state index contributed by atoms with van der Waals surface area (Å²) in [6.07, 6.45) is 0. The molecule has 0 saturated carbocycles. The van der Waals surface area contributed by atoms with Crippen molar-refractivity contribution in [1.29, 1.82) is 0 Å². The Labute approximate surface area is 203 Å². The molecule has 1 unspecified atom stereocenters. The van der Waals surface area contributed by atoms with E-state index in [4.69, 9.17) is 9.47 Å². The van der Waals surface area contributed by atoms with Gasteiger partial charge < -0.3 is 14.6 Å². The maximum Gasteiger partial charge on any atom is 0.337 e. The number of rotatable bonds is 5. The molecule has 3 aromatic rings. The number of ketones is 1. The van der Waals surface area contributed by atoms with Gasteiger partial charge in [0.2, 0.25) is 0 Å². The Kier molecular flexibility index (Phi) is 6.42. The normalized spacial score (nSPS) is 16.9. The molecule has 0 aromatic heterocycles. The molecule has 3 aromatic carbocycles. The number of aliphatic hydroxyl groups excluding tert-OH is 1. The molecule has 1 atom stereocenters. The number of hydrogen-bond donors (Lipinski definition) is 1. The van der Waals surface area contributed by atoms with Crippen molar-refractivity contribution in [3.05, 3.63) is 100 Å². The molecule has 4 rings (SSSR count). The van der Waals surface area contributed by atoms with Crippen molar-refractivity contribution in [3.63, 3.8) is 0 Å². The Morgan fingerprint density at radius 3 is 2.17 bits per heavy atom. The summed E-state index contributed by atoms with van der Waals surface area (Å²) >= 11 is 0. The zero-order chi connectivity index (χ0) is 25.3. The minimum atomic E-state index is -0.947. The van der Waals surface area contributed by atoms with Gasteiger partial charge >= 0.3 is 5.97 Å². The number of Topliss-reactive ketones (excluding diaryl/α,β-unsaturated/α-hetero) is 1. The van der Waals surface area contributed by atoms with Gasteiger partial charge in [0.05, 0.1) is 31.4 Å². The predicted octanol–water partition coefficient (Wildman–Crippen LogP) is 4.72. The lowest BCUT2D eigenvalue weighted by molar-refractivity contribution is -0.132. The van der Waals surface area contributed by atoms with E-state index in [9.17, 15) is 19.5 Å². The van der Waals surface area contributed by atoms with Crippen LogP contribution < -0.4 is 9.64 Å². The van der Waals surface area contributed by atoms with Crippen molar-refractivity contribution >= 4 is 29.1 Å². The molecule has 0 aliphatic carbocycles. The molecule has 0 radical (unpaired) electrons. The topological polar surface area (TPSA) is 93.1 Å². The maximum absolute atomic E-state index is 13.3. The van der Waals surface area contributed by atoms with Crippen LogP contribution in [0.4, 0.5) is 5.69 Å². The summed E-state index contributed by atoms with van der Waals surface area (Å²) in [4.78, 5) is 39.8. The van der Waals surface area contributed by atoms with E-state index in [1.54, 1.807) is 48.5 Å². The molecule has 0 spiro atoms. The van der Waals surface area contributed by atoms with Crippen LogP contribution >= 0.6 is 0 Å². The summed E-state index contributed by atoms with van der Waals surface area (Å²) in [6, 6.07) is 17.6. The van der Waals surface area contributed by atoms with Gasteiger partial charge in [0.25, 0.3) is 11.7 Å². The fraction of sp³-hybridized carbons (Fsp3) is 0.179. The first kappa shape index (κ1) is 23.8. The highest BCUT2D eigenvalue weighted by molar-refractivity contribution is 6.51. The van der Waals surface area contributed by atoms with Crippen LogP contribution in [0.25, 0.3) is 5.76 Å². The lowest BCUT2D eigenvalue weighted by Gasteiger charge is -2.26. The van der Waals surface area contributed by atoms with Crippen molar-refractivity contribution in [1.82, 2.24) is 0 Å². The molecule has 1 saturated heterocycles. The Bertz CT molecular complexity index is 1360. The van der Waals surface area contributed by atoms with E-state index in [0.29, 0.717) is 28.1 Å². The van der Waals surface area contributed by atoms with E-state index < -0.39 is 23.7 Å². The number of ether oxygens (including phenoxy) is 2. The number of esters is 1. The standard InChI is InChI=1S/C28H25NO6/c1-16-9-10-19(15-17(16)2)25(30)23-24(21-7-5-6-8-22(21)34-3)29(27(32)26(23)31)20-13-11-18(12-14-20)28(33)35-4/h5-15,24,30H,1-4H3/b25-23+. The lowest BCUT2D eigenvalue weighted by atomic mass is 9.93. The molecule has 1 aliphatic heterocycles. The molecule has 1 amide bonds. The van der Waals surface area contributed by atoms with Gasteiger partial charge in [0, 0.05) is 16.8 Å². The predicted molar refractivity (Wildman–Crippen MR) is 131 cm³/mol. The molecular weight excluding hydrogens is 446 g/mol. The summed E-state index contributed by atoms with van der Waals surface area (Å²) < 4.78 is 10.3. The van der Waals surface area contributed by atoms with Gasteiger partial charge in [-0.15, -0.1) is 0 Å². The lowest BCUT2D eigenvalue weighted by Crippen LogP contribution is -2.29. The average Bonchev–Trinajstić information content (AvgIpc) is 3.14. The first-order valence-corrected chi connectivity index (χ1v) is 11.0. The number of amides is 1. The van der Waals surface area contributed by atoms with Crippen molar-refractivity contribution in [2.75, 3.05) is 19.1 Å². The summed E-state index contributed by atoms with van der Waals surface area (Å²) in [5.41, 5.74) is 3.60. The van der Waals surface area contributed by atoms with Gasteiger partial charge in [-0.1, -0.05) is 30.3 Å². The van der Waals surface area contributed by atoms with Crippen molar-refractivity contribution in [2.45, 2.75) is 19.9 Å². The summed E-state index contributed by atoms with van der Waals surface area (Å²) in [5.74, 6) is -1.93. The second-order valence-electron chi connectivity index (χ2n) is 8.25.